The predicted molar refractivity (Wildman–Crippen MR) is 114 cm³/mol. The van der Waals surface area contributed by atoms with Gasteiger partial charge in [0.2, 0.25) is 0 Å². The quantitative estimate of drug-likeness (QED) is 0.504. The fourth-order valence-electron chi connectivity index (χ4n) is 3.73. The number of ether oxygens (including phenoxy) is 1. The van der Waals surface area contributed by atoms with Crippen LogP contribution in [-0.2, 0) is 16.1 Å². The molecular weight excluding hydrogens is 497 g/mol. The first-order chi connectivity index (χ1) is 13.8. The topological polar surface area (TPSA) is 101 Å². The van der Waals surface area contributed by atoms with Gasteiger partial charge in [-0.15, -0.1) is 0 Å². The Morgan fingerprint density at radius 3 is 2.48 bits per heavy atom. The van der Waals surface area contributed by atoms with E-state index in [0.717, 1.165) is 84.0 Å². The second-order valence-corrected chi connectivity index (χ2v) is 10.3. The summed E-state index contributed by atoms with van der Waals surface area (Å²) in [6.07, 6.45) is 0. The van der Waals surface area contributed by atoms with Crippen molar-refractivity contribution in [3.8, 4) is 0 Å². The normalized spacial score (nSPS) is 19.8. The number of morpholine rings is 1. The Hall–Kier alpha value is -1.08. The van der Waals surface area contributed by atoms with E-state index >= 15 is 0 Å². The van der Waals surface area contributed by atoms with Crippen LogP contribution in [0, 0.1) is 0 Å². The van der Waals surface area contributed by atoms with Crippen LogP contribution in [0.1, 0.15) is 18.9 Å². The van der Waals surface area contributed by atoms with Gasteiger partial charge >= 0.3 is 178 Å². The van der Waals surface area contributed by atoms with E-state index in [-0.39, 0.29) is 5.91 Å². The number of piperazine rings is 1. The summed E-state index contributed by atoms with van der Waals surface area (Å²) in [6.45, 7) is 11.1. The van der Waals surface area contributed by atoms with Gasteiger partial charge in [0.15, 0.2) is 0 Å². The van der Waals surface area contributed by atoms with Gasteiger partial charge in [-0.2, -0.15) is 0 Å². The molecule has 4 rings (SSSR count). The van der Waals surface area contributed by atoms with E-state index in [1.165, 1.54) is 22.5 Å². The molecule has 9 nitrogen and oxygen atoms in total. The second-order valence-electron chi connectivity index (χ2n) is 7.92. The van der Waals surface area contributed by atoms with Crippen molar-refractivity contribution in [3.63, 3.8) is 0 Å². The number of nitrogens with two attached hydrogens (primary N) is 1. The fraction of sp³-hybridized carbons (Fsp3) is 0.667. The van der Waals surface area contributed by atoms with Crippen molar-refractivity contribution in [2.24, 2.45) is 5.73 Å². The SMILES string of the molecule is CC(C)(C(N)=O)N1CCN(Cc2nc3c(N4CCOCC4)n[c]([Sn])nc3s2)CC1. The summed E-state index contributed by atoms with van der Waals surface area (Å²) in [6, 6.07) is 0. The molecule has 11 heteroatoms. The van der Waals surface area contributed by atoms with E-state index in [1.807, 2.05) is 13.8 Å². The van der Waals surface area contributed by atoms with Crippen molar-refractivity contribution in [1.82, 2.24) is 24.8 Å². The molecule has 4 heterocycles. The first kappa shape index (κ1) is 21.2. The van der Waals surface area contributed by atoms with Crippen LogP contribution in [0.15, 0.2) is 0 Å². The third-order valence-electron chi connectivity index (χ3n) is 5.72. The van der Waals surface area contributed by atoms with Crippen LogP contribution < -0.4 is 14.5 Å². The fourth-order valence-corrected chi connectivity index (χ4v) is 5.55. The van der Waals surface area contributed by atoms with Gasteiger partial charge in [0.1, 0.15) is 0 Å². The molecular formula is C18H26N7O2SSn. The maximum absolute atomic E-state index is 11.7. The van der Waals surface area contributed by atoms with Crippen molar-refractivity contribution < 1.29 is 9.53 Å². The summed E-state index contributed by atoms with van der Waals surface area (Å²) in [5, 5.41) is 1.06. The number of nitrogens with zero attached hydrogens (tertiary/aromatic N) is 6. The minimum atomic E-state index is -0.607. The second kappa shape index (κ2) is 8.58. The number of thiazole rings is 1. The molecule has 29 heavy (non-hydrogen) atoms. The molecule has 0 unspecified atom stereocenters. The zero-order valence-corrected chi connectivity index (χ0v) is 20.5. The zero-order chi connectivity index (χ0) is 20.6. The van der Waals surface area contributed by atoms with Crippen LogP contribution >= 0.6 is 11.3 Å². The average Bonchev–Trinajstić information content (AvgIpc) is 3.10. The van der Waals surface area contributed by atoms with E-state index in [0.29, 0.717) is 0 Å². The molecule has 0 spiro atoms. The molecule has 1 amide bonds. The van der Waals surface area contributed by atoms with Crippen molar-refractivity contribution in [1.29, 1.82) is 0 Å². The van der Waals surface area contributed by atoms with E-state index in [2.05, 4.69) is 19.7 Å². The summed E-state index contributed by atoms with van der Waals surface area (Å²) in [5.41, 5.74) is 5.87. The minimum absolute atomic E-state index is 0.274. The van der Waals surface area contributed by atoms with E-state index < -0.39 is 5.54 Å². The van der Waals surface area contributed by atoms with Gasteiger partial charge in [-0.25, -0.2) is 0 Å². The first-order valence-corrected chi connectivity index (χ1v) is 12.1. The number of hydrogen-bond acceptors (Lipinski definition) is 9. The molecule has 0 atom stereocenters. The maximum atomic E-state index is 11.7. The summed E-state index contributed by atoms with van der Waals surface area (Å²) < 4.78 is 6.34. The van der Waals surface area contributed by atoms with Gasteiger partial charge < -0.3 is 5.73 Å². The molecule has 2 saturated heterocycles. The Morgan fingerprint density at radius 2 is 1.83 bits per heavy atom. The number of carbonyl (C=O) groups is 1. The number of rotatable bonds is 5. The molecule has 0 bridgehead atoms. The van der Waals surface area contributed by atoms with Crippen LogP contribution in [0.4, 0.5) is 5.82 Å². The van der Waals surface area contributed by atoms with E-state index in [4.69, 9.17) is 20.4 Å². The standard InChI is InChI=1S/C18H26N7O2S.Sn/c1-18(2,17(19)26)25-5-3-23(4-6-25)11-13-22-14-15(20-12-21-16(14)28-13)24-7-9-27-10-8-24;/h3-11H2,1-2H3,(H2,19,26);. The Morgan fingerprint density at radius 1 is 1.14 bits per heavy atom. The van der Waals surface area contributed by atoms with Crippen molar-refractivity contribution in [2.75, 3.05) is 57.4 Å². The van der Waals surface area contributed by atoms with Gasteiger partial charge in [-0.3, -0.25) is 4.79 Å². The van der Waals surface area contributed by atoms with Gasteiger partial charge in [0.25, 0.3) is 0 Å². The molecule has 155 valence electrons. The summed E-state index contributed by atoms with van der Waals surface area (Å²) >= 11 is 2.87. The third kappa shape index (κ3) is 4.50. The summed E-state index contributed by atoms with van der Waals surface area (Å²) in [5.74, 6) is 0.671. The Kier molecular flexibility index (Phi) is 6.26. The molecule has 0 aliphatic carbocycles. The first-order valence-electron chi connectivity index (χ1n) is 9.83. The summed E-state index contributed by atoms with van der Waals surface area (Å²) in [4.78, 5) is 33.8. The van der Waals surface area contributed by atoms with Crippen molar-refractivity contribution in [3.05, 3.63) is 5.01 Å². The number of hydrogen-bond donors (Lipinski definition) is 1. The predicted octanol–water partition coefficient (Wildman–Crippen LogP) is -0.902. The average molecular weight is 523 g/mol. The molecule has 2 aliphatic rings. The van der Waals surface area contributed by atoms with Crippen molar-refractivity contribution >= 4 is 59.8 Å². The molecule has 3 radical (unpaired) electrons. The number of amides is 1. The molecule has 2 fully saturated rings. The number of fused-ring (bicyclic) bond motifs is 1. The third-order valence-corrected chi connectivity index (χ3v) is 7.29. The number of anilines is 1. The Bertz CT molecular complexity index is 892. The van der Waals surface area contributed by atoms with Gasteiger partial charge in [0, 0.05) is 0 Å². The Labute approximate surface area is 187 Å². The van der Waals surface area contributed by atoms with Crippen LogP contribution in [0.2, 0.25) is 0 Å². The van der Waals surface area contributed by atoms with Crippen LogP contribution in [0.3, 0.4) is 0 Å². The molecule has 2 aliphatic heterocycles. The Balaban J connectivity index is 1.47. The van der Waals surface area contributed by atoms with Gasteiger partial charge in [-0.1, -0.05) is 0 Å². The van der Waals surface area contributed by atoms with Crippen LogP contribution in [0.5, 0.6) is 0 Å². The van der Waals surface area contributed by atoms with Gasteiger partial charge in [0.05, 0.1) is 0 Å². The molecule has 2 N–H and O–H groups in total. The zero-order valence-electron chi connectivity index (χ0n) is 16.8. The van der Waals surface area contributed by atoms with Gasteiger partial charge in [-0.05, 0) is 0 Å². The molecule has 0 aromatic carbocycles. The molecule has 2 aromatic rings. The van der Waals surface area contributed by atoms with Crippen molar-refractivity contribution in [2.45, 2.75) is 25.9 Å². The number of primary amides is 1. The van der Waals surface area contributed by atoms with Crippen LogP contribution in [0.25, 0.3) is 10.3 Å². The van der Waals surface area contributed by atoms with Crippen LogP contribution in [-0.4, -0.2) is 111 Å². The molecule has 2 aromatic heterocycles. The monoisotopic (exact) mass is 524 g/mol. The van der Waals surface area contributed by atoms with E-state index in [1.54, 1.807) is 11.3 Å². The number of aromatic nitrogens is 3. The van der Waals surface area contributed by atoms with E-state index in [9.17, 15) is 4.79 Å². The molecule has 0 saturated carbocycles. The number of carbonyl (C=O) groups excluding carboxylic acids is 1. The summed E-state index contributed by atoms with van der Waals surface area (Å²) in [7, 11) is 0.